The second kappa shape index (κ2) is 3.53. The van der Waals surface area contributed by atoms with E-state index in [-0.39, 0.29) is 11.7 Å². The fraction of sp³-hybridized carbons (Fsp3) is 0.500. The summed E-state index contributed by atoms with van der Waals surface area (Å²) in [4.78, 5) is 13.5. The van der Waals surface area contributed by atoms with Crippen molar-refractivity contribution in [2.24, 2.45) is 0 Å². The van der Waals surface area contributed by atoms with E-state index in [2.05, 4.69) is 4.98 Å². The Balaban J connectivity index is 2.94. The summed E-state index contributed by atoms with van der Waals surface area (Å²) in [5.74, 6) is 0. The molecule has 0 amide bonds. The minimum absolute atomic E-state index is 0.216. The topological polar surface area (TPSA) is 61.0 Å². The molecule has 0 bridgehead atoms. The first-order valence-electron chi connectivity index (χ1n) is 3.46. The Bertz CT molecular complexity index is 297. The van der Waals surface area contributed by atoms with Crippen LogP contribution in [0.3, 0.4) is 0 Å². The molecule has 0 saturated heterocycles. The van der Waals surface area contributed by atoms with Gasteiger partial charge in [-0.2, -0.15) is 0 Å². The SMILES string of the molecule is CCn1cnc(Cl)c1C[N+](=O)[O-]. The highest BCUT2D eigenvalue weighted by Gasteiger charge is 2.12. The van der Waals surface area contributed by atoms with E-state index in [1.807, 2.05) is 6.92 Å². The van der Waals surface area contributed by atoms with E-state index in [1.165, 1.54) is 6.33 Å². The maximum atomic E-state index is 10.2. The minimum Gasteiger partial charge on any atom is -0.328 e. The number of nitro groups is 1. The van der Waals surface area contributed by atoms with Crippen LogP contribution in [0.4, 0.5) is 0 Å². The number of aromatic nitrogens is 2. The van der Waals surface area contributed by atoms with Crippen molar-refractivity contribution in [2.45, 2.75) is 20.0 Å². The second-order valence-electron chi connectivity index (χ2n) is 2.26. The Morgan fingerprint density at radius 3 is 3.00 bits per heavy atom. The Morgan fingerprint density at radius 1 is 1.83 bits per heavy atom. The first-order chi connectivity index (χ1) is 5.65. The average Bonchev–Trinajstić information content (AvgIpc) is 2.32. The Hall–Kier alpha value is -1.10. The third-order valence-corrected chi connectivity index (χ3v) is 1.83. The molecule has 6 heteroatoms. The van der Waals surface area contributed by atoms with E-state index in [0.29, 0.717) is 12.2 Å². The quantitative estimate of drug-likeness (QED) is 0.533. The molecule has 66 valence electrons. The summed E-state index contributed by atoms with van der Waals surface area (Å²) in [5, 5.41) is 10.4. The first kappa shape index (κ1) is 8.99. The number of hydrogen-bond donors (Lipinski definition) is 0. The van der Waals surface area contributed by atoms with Crippen molar-refractivity contribution in [1.29, 1.82) is 0 Å². The molecule has 0 radical (unpaired) electrons. The van der Waals surface area contributed by atoms with Crippen LogP contribution in [-0.2, 0) is 13.1 Å². The van der Waals surface area contributed by atoms with Gasteiger partial charge in [0, 0.05) is 11.5 Å². The van der Waals surface area contributed by atoms with Gasteiger partial charge in [0.15, 0.2) is 5.15 Å². The lowest BCUT2D eigenvalue weighted by molar-refractivity contribution is -0.497. The van der Waals surface area contributed by atoms with E-state index >= 15 is 0 Å². The van der Waals surface area contributed by atoms with Crippen LogP contribution in [-0.4, -0.2) is 14.5 Å². The summed E-state index contributed by atoms with van der Waals surface area (Å²) in [5.41, 5.74) is 0.462. The molecule has 0 fully saturated rings. The van der Waals surface area contributed by atoms with Gasteiger partial charge in [-0.15, -0.1) is 0 Å². The molecule has 0 atom stereocenters. The summed E-state index contributed by atoms with van der Waals surface area (Å²) in [7, 11) is 0. The number of aryl methyl sites for hydroxylation is 1. The number of rotatable bonds is 3. The summed E-state index contributed by atoms with van der Waals surface area (Å²) in [6.07, 6.45) is 1.50. The second-order valence-corrected chi connectivity index (χ2v) is 2.62. The van der Waals surface area contributed by atoms with E-state index in [9.17, 15) is 10.1 Å². The van der Waals surface area contributed by atoms with Gasteiger partial charge in [-0.05, 0) is 6.92 Å². The predicted octanol–water partition coefficient (Wildman–Crippen LogP) is 1.33. The standard InChI is InChI=1S/C6H8ClN3O2/c1-2-9-4-8-6(7)5(9)3-10(11)12/h4H,2-3H2,1H3. The molecule has 0 N–H and O–H groups in total. The van der Waals surface area contributed by atoms with Crippen LogP contribution in [0.5, 0.6) is 0 Å². The smallest absolute Gasteiger partial charge is 0.246 e. The highest BCUT2D eigenvalue weighted by Crippen LogP contribution is 2.14. The molecule has 0 spiro atoms. The molecule has 0 aliphatic heterocycles. The molecular weight excluding hydrogens is 182 g/mol. The first-order valence-corrected chi connectivity index (χ1v) is 3.84. The average molecular weight is 190 g/mol. The van der Waals surface area contributed by atoms with Crippen LogP contribution in [0.1, 0.15) is 12.6 Å². The normalized spacial score (nSPS) is 10.2. The monoisotopic (exact) mass is 189 g/mol. The Labute approximate surface area is 74.1 Å². The van der Waals surface area contributed by atoms with Crippen LogP contribution < -0.4 is 0 Å². The van der Waals surface area contributed by atoms with Gasteiger partial charge in [-0.1, -0.05) is 11.6 Å². The van der Waals surface area contributed by atoms with Crippen molar-refractivity contribution in [3.05, 3.63) is 27.3 Å². The van der Waals surface area contributed by atoms with E-state index in [0.717, 1.165) is 0 Å². The molecule has 12 heavy (non-hydrogen) atoms. The molecule has 1 aromatic rings. The van der Waals surface area contributed by atoms with Crippen LogP contribution in [0.25, 0.3) is 0 Å². The molecule has 0 saturated carbocycles. The van der Waals surface area contributed by atoms with E-state index in [4.69, 9.17) is 11.6 Å². The van der Waals surface area contributed by atoms with Gasteiger partial charge in [-0.3, -0.25) is 10.1 Å². The van der Waals surface area contributed by atoms with Gasteiger partial charge in [0.25, 0.3) is 0 Å². The highest BCUT2D eigenvalue weighted by atomic mass is 35.5. The largest absolute Gasteiger partial charge is 0.328 e. The Kier molecular flexibility index (Phi) is 2.65. The maximum Gasteiger partial charge on any atom is 0.246 e. The number of halogens is 1. The zero-order valence-electron chi connectivity index (χ0n) is 6.53. The fourth-order valence-electron chi connectivity index (χ4n) is 0.934. The summed E-state index contributed by atoms with van der Waals surface area (Å²) < 4.78 is 1.66. The van der Waals surface area contributed by atoms with Crippen molar-refractivity contribution < 1.29 is 4.92 Å². The van der Waals surface area contributed by atoms with Crippen molar-refractivity contribution in [3.8, 4) is 0 Å². The third kappa shape index (κ3) is 1.73. The molecule has 1 heterocycles. The molecule has 0 aromatic carbocycles. The van der Waals surface area contributed by atoms with E-state index in [1.54, 1.807) is 4.57 Å². The third-order valence-electron chi connectivity index (χ3n) is 1.51. The predicted molar refractivity (Wildman–Crippen MR) is 43.6 cm³/mol. The van der Waals surface area contributed by atoms with Crippen molar-refractivity contribution in [3.63, 3.8) is 0 Å². The molecule has 0 unspecified atom stereocenters. The minimum atomic E-state index is -0.422. The molecule has 1 rings (SSSR count). The number of imidazole rings is 1. The molecule has 1 aromatic heterocycles. The summed E-state index contributed by atoms with van der Waals surface area (Å²) >= 11 is 5.63. The van der Waals surface area contributed by atoms with Crippen molar-refractivity contribution in [2.75, 3.05) is 0 Å². The molecular formula is C6H8ClN3O2. The lowest BCUT2D eigenvalue weighted by Gasteiger charge is -1.99. The highest BCUT2D eigenvalue weighted by molar-refractivity contribution is 6.30. The molecule has 0 aliphatic rings. The van der Waals surface area contributed by atoms with Gasteiger partial charge in [0.1, 0.15) is 5.69 Å². The molecule has 5 nitrogen and oxygen atoms in total. The van der Waals surface area contributed by atoms with Gasteiger partial charge in [-0.25, -0.2) is 4.98 Å². The zero-order valence-corrected chi connectivity index (χ0v) is 7.28. The lowest BCUT2D eigenvalue weighted by Crippen LogP contribution is -2.05. The maximum absolute atomic E-state index is 10.2. The zero-order chi connectivity index (χ0) is 9.14. The molecule has 0 aliphatic carbocycles. The van der Waals surface area contributed by atoms with Gasteiger partial charge >= 0.3 is 0 Å². The van der Waals surface area contributed by atoms with Crippen LogP contribution in [0.2, 0.25) is 5.15 Å². The van der Waals surface area contributed by atoms with Crippen LogP contribution in [0.15, 0.2) is 6.33 Å². The van der Waals surface area contributed by atoms with E-state index < -0.39 is 4.92 Å². The Morgan fingerprint density at radius 2 is 2.50 bits per heavy atom. The van der Waals surface area contributed by atoms with Gasteiger partial charge in [0.2, 0.25) is 6.54 Å². The van der Waals surface area contributed by atoms with Crippen molar-refractivity contribution >= 4 is 11.6 Å². The van der Waals surface area contributed by atoms with Crippen molar-refractivity contribution in [1.82, 2.24) is 9.55 Å². The van der Waals surface area contributed by atoms with Crippen LogP contribution in [0, 0.1) is 10.1 Å². The van der Waals surface area contributed by atoms with Gasteiger partial charge < -0.3 is 4.57 Å². The van der Waals surface area contributed by atoms with Gasteiger partial charge in [0.05, 0.1) is 6.33 Å². The number of nitrogens with zero attached hydrogens (tertiary/aromatic N) is 3. The fourth-order valence-corrected chi connectivity index (χ4v) is 1.15. The number of hydrogen-bond acceptors (Lipinski definition) is 3. The summed E-state index contributed by atoms with van der Waals surface area (Å²) in [6.45, 7) is 2.25. The summed E-state index contributed by atoms with van der Waals surface area (Å²) in [6, 6.07) is 0. The lowest BCUT2D eigenvalue weighted by atomic mass is 10.4. The van der Waals surface area contributed by atoms with Crippen LogP contribution >= 0.6 is 11.6 Å².